The molecule has 2 aliphatic rings. The van der Waals surface area contributed by atoms with E-state index in [-0.39, 0.29) is 0 Å². The van der Waals surface area contributed by atoms with Crippen molar-refractivity contribution in [1.29, 1.82) is 0 Å². The summed E-state index contributed by atoms with van der Waals surface area (Å²) in [7, 11) is 0. The van der Waals surface area contributed by atoms with Crippen molar-refractivity contribution in [1.82, 2.24) is 10.2 Å². The Morgan fingerprint density at radius 2 is 2.22 bits per heavy atom. The molecule has 0 spiro atoms. The summed E-state index contributed by atoms with van der Waals surface area (Å²) in [6, 6.07) is 1.36. The van der Waals surface area contributed by atoms with Gasteiger partial charge in [-0.2, -0.15) is 11.8 Å². The summed E-state index contributed by atoms with van der Waals surface area (Å²) in [5.41, 5.74) is 0. The second-order valence-electron chi connectivity index (χ2n) is 5.60. The molecular formula is C14H28N2OS. The van der Waals surface area contributed by atoms with Gasteiger partial charge in [-0.25, -0.2) is 0 Å². The van der Waals surface area contributed by atoms with Crippen LogP contribution in [0.3, 0.4) is 0 Å². The molecule has 3 nitrogen and oxygen atoms in total. The molecule has 106 valence electrons. The summed E-state index contributed by atoms with van der Waals surface area (Å²) in [6.07, 6.45) is 1.17. The van der Waals surface area contributed by atoms with E-state index < -0.39 is 0 Å². The largest absolute Gasteiger partial charge is 0.381 e. The lowest BCUT2D eigenvalue weighted by molar-refractivity contribution is 0.0120. The number of rotatable bonds is 4. The predicted octanol–water partition coefficient (Wildman–Crippen LogP) is 1.83. The van der Waals surface area contributed by atoms with Crippen LogP contribution in [0.4, 0.5) is 0 Å². The first-order valence-electron chi connectivity index (χ1n) is 7.39. The minimum Gasteiger partial charge on any atom is -0.381 e. The third-order valence-corrected chi connectivity index (χ3v) is 5.76. The van der Waals surface area contributed by atoms with Gasteiger partial charge in [0.1, 0.15) is 0 Å². The summed E-state index contributed by atoms with van der Waals surface area (Å²) in [6.45, 7) is 12.3. The number of hydrogen-bond acceptors (Lipinski definition) is 4. The van der Waals surface area contributed by atoms with Crippen LogP contribution >= 0.6 is 11.8 Å². The fourth-order valence-electron chi connectivity index (χ4n) is 3.06. The minimum atomic E-state index is 0.654. The van der Waals surface area contributed by atoms with Crippen molar-refractivity contribution < 1.29 is 4.74 Å². The number of hydrogen-bond donors (Lipinski definition) is 1. The minimum absolute atomic E-state index is 0.654. The number of ether oxygens (including phenoxy) is 1. The van der Waals surface area contributed by atoms with Crippen molar-refractivity contribution in [2.45, 2.75) is 44.5 Å². The van der Waals surface area contributed by atoms with E-state index in [0.29, 0.717) is 18.0 Å². The normalized spacial score (nSPS) is 38.8. The molecule has 0 aliphatic carbocycles. The number of thioether (sulfide) groups is 1. The van der Waals surface area contributed by atoms with Gasteiger partial charge in [0.15, 0.2) is 0 Å². The van der Waals surface area contributed by atoms with Crippen molar-refractivity contribution in [3.05, 3.63) is 0 Å². The topological polar surface area (TPSA) is 24.5 Å². The lowest BCUT2D eigenvalue weighted by atomic mass is 9.94. The first-order valence-corrected chi connectivity index (χ1v) is 8.44. The Morgan fingerprint density at radius 3 is 3.00 bits per heavy atom. The van der Waals surface area contributed by atoms with E-state index in [0.717, 1.165) is 25.0 Å². The average Bonchev–Trinajstić information content (AvgIpc) is 2.37. The van der Waals surface area contributed by atoms with Gasteiger partial charge >= 0.3 is 0 Å². The molecule has 4 atom stereocenters. The first kappa shape index (κ1) is 14.6. The monoisotopic (exact) mass is 272 g/mol. The summed E-state index contributed by atoms with van der Waals surface area (Å²) < 4.78 is 5.69. The fourth-order valence-corrected chi connectivity index (χ4v) is 4.22. The van der Waals surface area contributed by atoms with Gasteiger partial charge in [-0.15, -0.1) is 0 Å². The zero-order chi connectivity index (χ0) is 13.0. The van der Waals surface area contributed by atoms with E-state index >= 15 is 0 Å². The molecule has 0 aromatic heterocycles. The highest BCUT2D eigenvalue weighted by molar-refractivity contribution is 8.00. The van der Waals surface area contributed by atoms with Gasteiger partial charge in [0.2, 0.25) is 0 Å². The third-order valence-electron chi connectivity index (χ3n) is 4.42. The molecule has 2 rings (SSSR count). The molecule has 2 fully saturated rings. The van der Waals surface area contributed by atoms with Crippen molar-refractivity contribution in [2.75, 3.05) is 38.6 Å². The molecule has 2 heterocycles. The van der Waals surface area contributed by atoms with Gasteiger partial charge in [0, 0.05) is 48.7 Å². The van der Waals surface area contributed by atoms with Crippen LogP contribution in [0.1, 0.15) is 27.2 Å². The molecule has 0 aromatic rings. The second-order valence-corrected chi connectivity index (χ2v) is 7.08. The van der Waals surface area contributed by atoms with E-state index in [2.05, 4.69) is 42.7 Å². The van der Waals surface area contributed by atoms with Gasteiger partial charge in [-0.05, 0) is 19.9 Å². The van der Waals surface area contributed by atoms with Gasteiger partial charge < -0.3 is 10.1 Å². The Labute approximate surface area is 116 Å². The Balaban J connectivity index is 1.89. The Bertz CT molecular complexity index is 250. The molecule has 0 saturated carbocycles. The van der Waals surface area contributed by atoms with E-state index in [1.807, 2.05) is 0 Å². The van der Waals surface area contributed by atoms with Crippen LogP contribution < -0.4 is 5.32 Å². The molecule has 18 heavy (non-hydrogen) atoms. The molecule has 0 aromatic carbocycles. The number of nitrogens with one attached hydrogen (secondary N) is 1. The zero-order valence-corrected chi connectivity index (χ0v) is 12.8. The van der Waals surface area contributed by atoms with Crippen LogP contribution in [0.2, 0.25) is 0 Å². The van der Waals surface area contributed by atoms with E-state index in [1.165, 1.54) is 25.3 Å². The maximum atomic E-state index is 5.69. The summed E-state index contributed by atoms with van der Waals surface area (Å²) >= 11 is 2.11. The molecular weight excluding hydrogens is 244 g/mol. The highest BCUT2D eigenvalue weighted by Crippen LogP contribution is 2.26. The molecule has 4 heteroatoms. The quantitative estimate of drug-likeness (QED) is 0.844. The Hall–Kier alpha value is 0.230. The maximum Gasteiger partial charge on any atom is 0.0521 e. The fraction of sp³-hybridized carbons (Fsp3) is 1.00. The van der Waals surface area contributed by atoms with Crippen LogP contribution in [0.25, 0.3) is 0 Å². The Kier molecular flexibility index (Phi) is 5.80. The Morgan fingerprint density at radius 1 is 1.39 bits per heavy atom. The average molecular weight is 272 g/mol. The molecule has 0 bridgehead atoms. The van der Waals surface area contributed by atoms with E-state index in [9.17, 15) is 0 Å². The lowest BCUT2D eigenvalue weighted by Gasteiger charge is -2.42. The molecule has 4 unspecified atom stereocenters. The van der Waals surface area contributed by atoms with Crippen molar-refractivity contribution >= 4 is 11.8 Å². The molecule has 0 amide bonds. The van der Waals surface area contributed by atoms with Crippen LogP contribution in [0.15, 0.2) is 0 Å². The third kappa shape index (κ3) is 3.62. The van der Waals surface area contributed by atoms with Gasteiger partial charge in [0.05, 0.1) is 6.61 Å². The standard InChI is InChI=1S/C14H28N2OS/c1-4-15-14-5-7-17-10-13(14)9-16-6-8-18-12(3)11(16)2/h11-15H,4-10H2,1-3H3. The second kappa shape index (κ2) is 7.13. The van der Waals surface area contributed by atoms with Crippen molar-refractivity contribution in [3.63, 3.8) is 0 Å². The van der Waals surface area contributed by atoms with Gasteiger partial charge in [-0.3, -0.25) is 4.90 Å². The molecule has 1 N–H and O–H groups in total. The molecule has 2 saturated heterocycles. The van der Waals surface area contributed by atoms with Crippen molar-refractivity contribution in [3.8, 4) is 0 Å². The highest BCUT2D eigenvalue weighted by atomic mass is 32.2. The van der Waals surface area contributed by atoms with E-state index in [1.54, 1.807) is 0 Å². The zero-order valence-electron chi connectivity index (χ0n) is 12.0. The SMILES string of the molecule is CCNC1CCOCC1CN1CCSC(C)C1C. The van der Waals surface area contributed by atoms with Crippen molar-refractivity contribution in [2.24, 2.45) is 5.92 Å². The summed E-state index contributed by atoms with van der Waals surface area (Å²) in [5, 5.41) is 4.40. The van der Waals surface area contributed by atoms with Gasteiger partial charge in [0.25, 0.3) is 0 Å². The summed E-state index contributed by atoms with van der Waals surface area (Å²) in [4.78, 5) is 2.67. The van der Waals surface area contributed by atoms with Crippen LogP contribution in [0.5, 0.6) is 0 Å². The lowest BCUT2D eigenvalue weighted by Crippen LogP contribution is -2.52. The van der Waals surface area contributed by atoms with Crippen LogP contribution in [-0.4, -0.2) is 60.8 Å². The predicted molar refractivity (Wildman–Crippen MR) is 79.3 cm³/mol. The summed E-state index contributed by atoms with van der Waals surface area (Å²) in [5.74, 6) is 1.95. The van der Waals surface area contributed by atoms with E-state index in [4.69, 9.17) is 4.74 Å². The smallest absolute Gasteiger partial charge is 0.0521 e. The number of nitrogens with zero attached hydrogens (tertiary/aromatic N) is 1. The van der Waals surface area contributed by atoms with Crippen LogP contribution in [-0.2, 0) is 4.74 Å². The maximum absolute atomic E-state index is 5.69. The highest BCUT2D eigenvalue weighted by Gasteiger charge is 2.31. The molecule has 0 radical (unpaired) electrons. The van der Waals surface area contributed by atoms with Crippen LogP contribution in [0, 0.1) is 5.92 Å². The first-order chi connectivity index (χ1) is 8.72. The molecule has 2 aliphatic heterocycles. The van der Waals surface area contributed by atoms with Gasteiger partial charge in [-0.1, -0.05) is 13.8 Å².